The molecule has 9 heteroatoms. The maximum atomic E-state index is 11.8. The normalized spacial score (nSPS) is 16.8. The summed E-state index contributed by atoms with van der Waals surface area (Å²) < 4.78 is 6.43. The molecular weight excluding hydrogens is 709 g/mol. The number of benzene rings is 8. The predicted molar refractivity (Wildman–Crippen MR) is 215 cm³/mol. The van der Waals surface area contributed by atoms with Gasteiger partial charge in [0.2, 0.25) is 23.0 Å². The average molecular weight is 741 g/mol. The Balaban J connectivity index is 1.32. The molecule has 8 aromatic rings. The van der Waals surface area contributed by atoms with Crippen molar-refractivity contribution in [2.24, 2.45) is 0 Å². The fourth-order valence-electron chi connectivity index (χ4n) is 8.69. The summed E-state index contributed by atoms with van der Waals surface area (Å²) in [4.78, 5) is 0. The topological polar surface area (TPSA) is 171 Å². The first-order chi connectivity index (χ1) is 27.0. The molecule has 2 unspecified atom stereocenters. The third-order valence-corrected chi connectivity index (χ3v) is 11.5. The lowest BCUT2D eigenvalue weighted by Crippen LogP contribution is -2.42. The van der Waals surface area contributed by atoms with E-state index in [0.29, 0.717) is 16.9 Å². The highest BCUT2D eigenvalue weighted by Gasteiger charge is 2.44. The van der Waals surface area contributed by atoms with Gasteiger partial charge in [-0.15, -0.1) is 0 Å². The molecule has 8 N–H and O–H groups in total. The second-order valence-corrected chi connectivity index (χ2v) is 14.7. The highest BCUT2D eigenvalue weighted by atomic mass is 16.5. The van der Waals surface area contributed by atoms with Gasteiger partial charge in [-0.1, -0.05) is 91.0 Å². The highest BCUT2D eigenvalue weighted by Crippen LogP contribution is 2.62. The maximum Gasteiger partial charge on any atom is 0.204 e. The van der Waals surface area contributed by atoms with Crippen molar-refractivity contribution in [2.75, 3.05) is 0 Å². The van der Waals surface area contributed by atoms with Crippen LogP contribution in [0.5, 0.6) is 51.7 Å². The summed E-state index contributed by atoms with van der Waals surface area (Å²) in [5.74, 6) is -6.86. The van der Waals surface area contributed by atoms with Crippen molar-refractivity contribution in [3.8, 4) is 85.1 Å². The van der Waals surface area contributed by atoms with Crippen molar-refractivity contribution in [3.63, 3.8) is 0 Å². The summed E-state index contributed by atoms with van der Waals surface area (Å²) in [6.07, 6.45) is 3.80. The molecule has 1 aliphatic heterocycles. The molecule has 9 nitrogen and oxygen atoms in total. The lowest BCUT2D eigenvalue weighted by atomic mass is 9.74. The zero-order chi connectivity index (χ0) is 38.8. The summed E-state index contributed by atoms with van der Waals surface area (Å²) in [5.41, 5.74) is 2.25. The molecule has 1 aliphatic carbocycles. The lowest BCUT2D eigenvalue weighted by Gasteiger charge is -2.28. The number of ether oxygens (including phenoxy) is 1. The van der Waals surface area contributed by atoms with Gasteiger partial charge in [-0.3, -0.25) is 0 Å². The number of aromatic hydroxyl groups is 8. The lowest BCUT2D eigenvalue weighted by molar-refractivity contribution is 0.250. The molecule has 0 fully saturated rings. The van der Waals surface area contributed by atoms with Crippen LogP contribution in [0.3, 0.4) is 0 Å². The fraction of sp³-hybridized carbons (Fsp3) is 0.0638. The Morgan fingerprint density at radius 2 is 0.946 bits per heavy atom. The number of hydrogen-bond acceptors (Lipinski definition) is 9. The van der Waals surface area contributed by atoms with Crippen LogP contribution in [0.1, 0.15) is 12.5 Å². The van der Waals surface area contributed by atoms with Crippen molar-refractivity contribution in [3.05, 3.63) is 125 Å². The third kappa shape index (κ3) is 4.42. The molecule has 0 saturated carbocycles. The SMILES string of the molecule is CC12C=c3ccccc3=CC1Oc1ccc(-c3c4c(O)c(O)c(O)c(O)c4c(-c4cccc(-c5ccc6ccccc6c5)c4)c4c(O)c(O)c(O)c(O)c34)cc12. The number of phenols is 8. The molecule has 56 heavy (non-hydrogen) atoms. The second kappa shape index (κ2) is 11.5. The predicted octanol–water partition coefficient (Wildman–Crippen LogP) is 8.09. The Bertz CT molecular complexity index is 3110. The van der Waals surface area contributed by atoms with Gasteiger partial charge < -0.3 is 45.6 Å². The van der Waals surface area contributed by atoms with E-state index >= 15 is 0 Å². The summed E-state index contributed by atoms with van der Waals surface area (Å²) in [6, 6.07) is 34.0. The molecule has 8 aromatic carbocycles. The third-order valence-electron chi connectivity index (χ3n) is 11.5. The van der Waals surface area contributed by atoms with Gasteiger partial charge in [0, 0.05) is 38.2 Å². The van der Waals surface area contributed by atoms with E-state index < -0.39 is 51.4 Å². The number of fused-ring (bicyclic) bond motifs is 7. The summed E-state index contributed by atoms with van der Waals surface area (Å²) in [6.45, 7) is 2.03. The van der Waals surface area contributed by atoms with Gasteiger partial charge in [-0.05, 0) is 80.7 Å². The van der Waals surface area contributed by atoms with E-state index in [1.165, 1.54) is 0 Å². The molecule has 274 valence electrons. The monoisotopic (exact) mass is 740 g/mol. The van der Waals surface area contributed by atoms with Crippen LogP contribution in [-0.2, 0) is 5.41 Å². The van der Waals surface area contributed by atoms with E-state index in [9.17, 15) is 40.9 Å². The zero-order valence-electron chi connectivity index (χ0n) is 29.6. The quantitative estimate of drug-likeness (QED) is 0.0507. The minimum Gasteiger partial charge on any atom is -0.504 e. The first-order valence-corrected chi connectivity index (χ1v) is 17.9. The first-order valence-electron chi connectivity index (χ1n) is 17.9. The minimum atomic E-state index is -1.03. The van der Waals surface area contributed by atoms with E-state index in [1.807, 2.05) is 79.7 Å². The van der Waals surface area contributed by atoms with Gasteiger partial charge in [0.25, 0.3) is 0 Å². The Morgan fingerprint density at radius 3 is 1.57 bits per heavy atom. The van der Waals surface area contributed by atoms with Crippen LogP contribution in [0.15, 0.2) is 109 Å². The Labute approximate surface area is 318 Å². The Morgan fingerprint density at radius 1 is 0.446 bits per heavy atom. The van der Waals surface area contributed by atoms with Gasteiger partial charge in [0.15, 0.2) is 23.0 Å². The maximum absolute atomic E-state index is 11.8. The summed E-state index contributed by atoms with van der Waals surface area (Å²) in [5, 5.41) is 94.5. The fourth-order valence-corrected chi connectivity index (χ4v) is 8.69. The van der Waals surface area contributed by atoms with Crippen molar-refractivity contribution < 1.29 is 45.6 Å². The van der Waals surface area contributed by atoms with Gasteiger partial charge in [-0.2, -0.15) is 0 Å². The van der Waals surface area contributed by atoms with Crippen LogP contribution >= 0.6 is 0 Å². The number of rotatable bonds is 3. The largest absolute Gasteiger partial charge is 0.504 e. The van der Waals surface area contributed by atoms with Crippen LogP contribution in [0.2, 0.25) is 0 Å². The van der Waals surface area contributed by atoms with E-state index in [4.69, 9.17) is 4.74 Å². The van der Waals surface area contributed by atoms with Gasteiger partial charge >= 0.3 is 0 Å². The number of hydrogen-bond donors (Lipinski definition) is 8. The van der Waals surface area contributed by atoms with Crippen molar-refractivity contribution >= 4 is 44.5 Å². The molecule has 0 aromatic heterocycles. The van der Waals surface area contributed by atoms with Crippen LogP contribution in [0, 0.1) is 0 Å². The smallest absolute Gasteiger partial charge is 0.204 e. The molecule has 2 aliphatic rings. The molecule has 2 atom stereocenters. The van der Waals surface area contributed by atoms with Crippen LogP contribution in [-0.4, -0.2) is 47.0 Å². The van der Waals surface area contributed by atoms with Gasteiger partial charge in [0.1, 0.15) is 11.9 Å². The minimum absolute atomic E-state index is 0.0177. The average Bonchev–Trinajstić information content (AvgIpc) is 3.51. The Hall–Kier alpha value is -7.52. The molecule has 0 saturated heterocycles. The highest BCUT2D eigenvalue weighted by molar-refractivity contribution is 6.29. The molecule has 0 bridgehead atoms. The van der Waals surface area contributed by atoms with E-state index in [-0.39, 0.29) is 38.8 Å². The van der Waals surface area contributed by atoms with Crippen LogP contribution in [0.25, 0.3) is 77.9 Å². The van der Waals surface area contributed by atoms with Crippen molar-refractivity contribution in [1.29, 1.82) is 0 Å². The Kier molecular flexibility index (Phi) is 6.79. The van der Waals surface area contributed by atoms with Gasteiger partial charge in [-0.25, -0.2) is 0 Å². The van der Waals surface area contributed by atoms with E-state index in [0.717, 1.165) is 37.9 Å². The van der Waals surface area contributed by atoms with Crippen LogP contribution in [0.4, 0.5) is 0 Å². The molecule has 10 rings (SSSR count). The van der Waals surface area contributed by atoms with E-state index in [2.05, 4.69) is 12.2 Å². The summed E-state index contributed by atoms with van der Waals surface area (Å²) >= 11 is 0. The molecular formula is C47H32O9. The van der Waals surface area contributed by atoms with E-state index in [1.54, 1.807) is 36.4 Å². The van der Waals surface area contributed by atoms with Crippen molar-refractivity contribution in [2.45, 2.75) is 18.4 Å². The van der Waals surface area contributed by atoms with Gasteiger partial charge in [0.05, 0.1) is 5.41 Å². The second-order valence-electron chi connectivity index (χ2n) is 14.7. The first kappa shape index (κ1) is 33.1. The summed E-state index contributed by atoms with van der Waals surface area (Å²) in [7, 11) is 0. The zero-order valence-corrected chi connectivity index (χ0v) is 29.6. The molecule has 0 spiro atoms. The van der Waals surface area contributed by atoms with Crippen LogP contribution < -0.4 is 15.2 Å². The molecule has 0 amide bonds. The standard InChI is InChI=1S/C47H32O9/c1-47-21-29-10-5-4-9-25(29)20-32(47)56-31-16-15-28(19-30(31)47)34-37-35(39(48)43(52)45(54)41(37)50)33(36-38(34)42(51)46(55)44(53)40(36)49)27-12-6-11-24(18-27)26-14-13-22-7-2-3-8-23(22)17-26/h2-21,32,48-55H,1H3. The molecule has 0 radical (unpaired) electrons. The van der Waals surface area contributed by atoms with Crippen molar-refractivity contribution in [1.82, 2.24) is 0 Å². The number of phenolic OH excluding ortho intramolecular Hbond substituents is 8. The molecule has 1 heterocycles.